The largest absolute Gasteiger partial charge is 0.504 e. The molecule has 0 aromatic heterocycles. The first-order chi connectivity index (χ1) is 9.56. The Bertz CT molecular complexity index is 733. The highest BCUT2D eigenvalue weighted by Crippen LogP contribution is 2.44. The third-order valence-electron chi connectivity index (χ3n) is 2.96. The van der Waals surface area contributed by atoms with Crippen LogP contribution in [-0.2, 0) is 0 Å². The number of phenols is 2. The fraction of sp³-hybridized carbons (Fsp3) is 0.0625. The smallest absolute Gasteiger partial charge is 0.232 e. The zero-order chi connectivity index (χ0) is 14.3. The summed E-state index contributed by atoms with van der Waals surface area (Å²) in [5.41, 5.74) is 1.04. The second-order valence-corrected chi connectivity index (χ2v) is 5.22. The van der Waals surface area contributed by atoms with Crippen molar-refractivity contribution in [2.24, 2.45) is 0 Å². The Morgan fingerprint density at radius 3 is 2.38 bits per heavy atom. The molecule has 2 N–H and O–H groups in total. The van der Waals surface area contributed by atoms with Gasteiger partial charge in [-0.25, -0.2) is 0 Å². The zero-order valence-electron chi connectivity index (χ0n) is 10.1. The highest BCUT2D eigenvalue weighted by Gasteiger charge is 2.31. The van der Waals surface area contributed by atoms with Gasteiger partial charge in [-0.15, -0.1) is 0 Å². The van der Waals surface area contributed by atoms with E-state index in [9.17, 15) is 15.0 Å². The van der Waals surface area contributed by atoms with Crippen LogP contribution in [0.4, 0.5) is 0 Å². The molecule has 0 unspecified atom stereocenters. The topological polar surface area (TPSA) is 66.8 Å². The molecular weight excluding hydrogens is 336 g/mol. The summed E-state index contributed by atoms with van der Waals surface area (Å²) < 4.78 is 6.29. The van der Waals surface area contributed by atoms with E-state index in [0.29, 0.717) is 0 Å². The Morgan fingerprint density at radius 1 is 1.05 bits per heavy atom. The minimum Gasteiger partial charge on any atom is -0.504 e. The van der Waals surface area contributed by atoms with E-state index in [4.69, 9.17) is 4.74 Å². The number of fused-ring (bicyclic) bond motifs is 1. The fourth-order valence-corrected chi connectivity index (χ4v) is 2.20. The number of hydrogen-bond acceptors (Lipinski definition) is 4. The van der Waals surface area contributed by atoms with Crippen LogP contribution in [0.3, 0.4) is 0 Å². The lowest BCUT2D eigenvalue weighted by Gasteiger charge is -2.02. The fourth-order valence-electron chi connectivity index (χ4n) is 1.94. The number of Topliss-reactive ketones (excluding diaryl/α,β-unsaturated/α-hetero) is 1. The van der Waals surface area contributed by atoms with Gasteiger partial charge in [-0.3, -0.25) is 4.79 Å². The van der Waals surface area contributed by atoms with Crippen LogP contribution in [0, 0.1) is 0 Å². The zero-order valence-corrected chi connectivity index (χ0v) is 11.7. The molecular formula is C16H13BrO4. The van der Waals surface area contributed by atoms with Crippen molar-refractivity contribution in [1.29, 1.82) is 0 Å². The first-order valence-corrected chi connectivity index (χ1v) is 6.60. The van der Waals surface area contributed by atoms with Crippen LogP contribution < -0.4 is 4.74 Å². The number of halogens is 1. The molecule has 0 spiro atoms. The van der Waals surface area contributed by atoms with E-state index < -0.39 is 5.75 Å². The van der Waals surface area contributed by atoms with Crippen LogP contribution in [0.1, 0.15) is 23.3 Å². The van der Waals surface area contributed by atoms with Crippen molar-refractivity contribution < 1.29 is 19.7 Å². The van der Waals surface area contributed by atoms with Gasteiger partial charge in [-0.2, -0.15) is 0 Å². The lowest BCUT2D eigenvalue weighted by atomic mass is 10.1. The third kappa shape index (κ3) is 2.64. The molecule has 0 atom stereocenters. The molecule has 0 bridgehead atoms. The van der Waals surface area contributed by atoms with Gasteiger partial charge in [-0.05, 0) is 35.9 Å². The van der Waals surface area contributed by atoms with Crippen LogP contribution in [0.25, 0.3) is 6.08 Å². The molecule has 0 fully saturated rings. The number of hydrogen-bond donors (Lipinski definition) is 2. The molecule has 2 aromatic carbocycles. The first-order valence-electron chi connectivity index (χ1n) is 5.81. The lowest BCUT2D eigenvalue weighted by Crippen LogP contribution is -1.97. The highest BCUT2D eigenvalue weighted by atomic mass is 79.9. The molecule has 1 heterocycles. The number of rotatable bonds is 1. The van der Waals surface area contributed by atoms with Crippen LogP contribution in [-0.4, -0.2) is 16.0 Å². The SMILES string of the molecule is C.O=C1/C(=C/c2ccc(Br)cc2)Oc2c1ccc(O)c2O. The van der Waals surface area contributed by atoms with E-state index in [1.54, 1.807) is 6.08 Å². The average molecular weight is 349 g/mol. The molecule has 2 aromatic rings. The summed E-state index contributed by atoms with van der Waals surface area (Å²) in [6, 6.07) is 10.0. The lowest BCUT2D eigenvalue weighted by molar-refractivity contribution is 0.101. The second kappa shape index (κ2) is 5.61. The molecule has 0 amide bonds. The first kappa shape index (κ1) is 15.1. The standard InChI is InChI=1S/C15H9BrO4.CH4/c16-9-3-1-8(2-4-9)7-12-13(18)10-5-6-11(17)14(19)15(10)20-12;/h1-7,17,19H;1H4/b12-7-;. The van der Waals surface area contributed by atoms with Crippen molar-refractivity contribution in [1.82, 2.24) is 0 Å². The summed E-state index contributed by atoms with van der Waals surface area (Å²) in [5, 5.41) is 19.1. The van der Waals surface area contributed by atoms with Crippen molar-refractivity contribution in [3.05, 3.63) is 57.8 Å². The predicted octanol–water partition coefficient (Wildman–Crippen LogP) is 4.11. The molecule has 21 heavy (non-hydrogen) atoms. The van der Waals surface area contributed by atoms with Crippen molar-refractivity contribution >= 4 is 27.8 Å². The van der Waals surface area contributed by atoms with Crippen LogP contribution in [0.5, 0.6) is 17.2 Å². The molecule has 108 valence electrons. The molecule has 5 heteroatoms. The Hall–Kier alpha value is -2.27. The summed E-state index contributed by atoms with van der Waals surface area (Å²) in [7, 11) is 0. The average Bonchev–Trinajstić information content (AvgIpc) is 2.75. The molecule has 0 radical (unpaired) electrons. The summed E-state index contributed by atoms with van der Waals surface area (Å²) in [6.45, 7) is 0. The molecule has 0 saturated heterocycles. The number of allylic oxidation sites excluding steroid dienone is 1. The quantitative estimate of drug-likeness (QED) is 0.601. The van der Waals surface area contributed by atoms with E-state index >= 15 is 0 Å². The normalized spacial score (nSPS) is 14.5. The van der Waals surface area contributed by atoms with Gasteiger partial charge in [0.25, 0.3) is 0 Å². The minimum atomic E-state index is -0.421. The molecule has 1 aliphatic heterocycles. The summed E-state index contributed by atoms with van der Waals surface area (Å²) in [5.74, 6) is -0.948. The summed E-state index contributed by atoms with van der Waals surface area (Å²) in [4.78, 5) is 12.1. The van der Waals surface area contributed by atoms with Gasteiger partial charge in [0.15, 0.2) is 17.3 Å². The molecule has 0 aliphatic carbocycles. The van der Waals surface area contributed by atoms with Gasteiger partial charge >= 0.3 is 0 Å². The van der Waals surface area contributed by atoms with Crippen molar-refractivity contribution in [2.45, 2.75) is 7.43 Å². The molecule has 0 saturated carbocycles. The number of aromatic hydroxyl groups is 2. The molecule has 3 rings (SSSR count). The Morgan fingerprint density at radius 2 is 1.71 bits per heavy atom. The number of ketones is 1. The Balaban J connectivity index is 0.00000161. The Kier molecular flexibility index (Phi) is 4.04. The van der Waals surface area contributed by atoms with Crippen molar-refractivity contribution in [3.63, 3.8) is 0 Å². The molecule has 1 aliphatic rings. The van der Waals surface area contributed by atoms with Gasteiger partial charge in [0.05, 0.1) is 5.56 Å². The summed E-state index contributed by atoms with van der Waals surface area (Å²) in [6.07, 6.45) is 1.59. The van der Waals surface area contributed by atoms with Crippen LogP contribution >= 0.6 is 15.9 Å². The third-order valence-corrected chi connectivity index (χ3v) is 3.49. The number of phenolic OH excluding ortho intramolecular Hbond substituents is 2. The monoisotopic (exact) mass is 348 g/mol. The molecule has 4 nitrogen and oxygen atoms in total. The number of carbonyl (C=O) groups excluding carboxylic acids is 1. The maximum absolute atomic E-state index is 12.1. The summed E-state index contributed by atoms with van der Waals surface area (Å²) >= 11 is 3.33. The van der Waals surface area contributed by atoms with Crippen LogP contribution in [0.15, 0.2) is 46.6 Å². The van der Waals surface area contributed by atoms with Gasteiger partial charge in [0, 0.05) is 4.47 Å². The van der Waals surface area contributed by atoms with Gasteiger partial charge in [-0.1, -0.05) is 35.5 Å². The second-order valence-electron chi connectivity index (χ2n) is 4.30. The van der Waals surface area contributed by atoms with E-state index in [0.717, 1.165) is 10.0 Å². The number of ether oxygens (including phenoxy) is 1. The number of benzene rings is 2. The maximum atomic E-state index is 12.1. The Labute approximate surface area is 130 Å². The van der Waals surface area contributed by atoms with Gasteiger partial charge in [0.1, 0.15) is 0 Å². The van der Waals surface area contributed by atoms with Crippen molar-refractivity contribution in [3.8, 4) is 17.2 Å². The van der Waals surface area contributed by atoms with Gasteiger partial charge < -0.3 is 14.9 Å². The van der Waals surface area contributed by atoms with E-state index in [1.807, 2.05) is 24.3 Å². The van der Waals surface area contributed by atoms with Crippen molar-refractivity contribution in [2.75, 3.05) is 0 Å². The predicted molar refractivity (Wildman–Crippen MR) is 83.6 cm³/mol. The van der Waals surface area contributed by atoms with E-state index in [1.165, 1.54) is 12.1 Å². The number of carbonyl (C=O) groups is 1. The minimum absolute atomic E-state index is 0. The maximum Gasteiger partial charge on any atom is 0.232 e. The van der Waals surface area contributed by atoms with Gasteiger partial charge in [0.2, 0.25) is 11.5 Å². The van der Waals surface area contributed by atoms with E-state index in [-0.39, 0.29) is 36.0 Å². The van der Waals surface area contributed by atoms with E-state index in [2.05, 4.69) is 15.9 Å². The highest BCUT2D eigenvalue weighted by molar-refractivity contribution is 9.10. The van der Waals surface area contributed by atoms with Crippen LogP contribution in [0.2, 0.25) is 0 Å².